The van der Waals surface area contributed by atoms with Gasteiger partial charge >= 0.3 is 0 Å². The average Bonchev–Trinajstić information content (AvgIpc) is 2.74. The first-order chi connectivity index (χ1) is 9.36. The van der Waals surface area contributed by atoms with E-state index in [0.717, 1.165) is 19.5 Å². The van der Waals surface area contributed by atoms with E-state index in [-0.39, 0.29) is 4.90 Å². The van der Waals surface area contributed by atoms with Crippen molar-refractivity contribution in [2.45, 2.75) is 31.7 Å². The first-order valence-electron chi connectivity index (χ1n) is 6.81. The number of aryl methyl sites for hydroxylation is 1. The van der Waals surface area contributed by atoms with Crippen LogP contribution in [0.15, 0.2) is 15.4 Å². The standard InChI is InChI=1S/C13H25N3O3S/c1-5-14-10-12-9-13(11(2)19-12)20(17,18)15-7-6-8-16(3)4/h9,14-15H,5-8,10H2,1-4H3. The monoisotopic (exact) mass is 303 g/mol. The molecule has 20 heavy (non-hydrogen) atoms. The van der Waals surface area contributed by atoms with E-state index in [1.807, 2.05) is 25.9 Å². The molecule has 0 saturated heterocycles. The fraction of sp³-hybridized carbons (Fsp3) is 0.692. The van der Waals surface area contributed by atoms with Gasteiger partial charge in [0.15, 0.2) is 0 Å². The van der Waals surface area contributed by atoms with Crippen LogP contribution in [0.2, 0.25) is 0 Å². The zero-order chi connectivity index (χ0) is 15.2. The third kappa shape index (κ3) is 5.24. The highest BCUT2D eigenvalue weighted by Gasteiger charge is 2.20. The van der Waals surface area contributed by atoms with Crippen molar-refractivity contribution >= 4 is 10.0 Å². The molecule has 0 aliphatic carbocycles. The molecule has 1 heterocycles. The molecule has 0 amide bonds. The van der Waals surface area contributed by atoms with E-state index in [0.29, 0.717) is 24.6 Å². The Morgan fingerprint density at radius 3 is 2.65 bits per heavy atom. The molecule has 0 unspecified atom stereocenters. The minimum atomic E-state index is -3.48. The minimum Gasteiger partial charge on any atom is -0.464 e. The average molecular weight is 303 g/mol. The van der Waals surface area contributed by atoms with E-state index in [9.17, 15) is 8.42 Å². The topological polar surface area (TPSA) is 74.6 Å². The van der Waals surface area contributed by atoms with Crippen LogP contribution in [0.25, 0.3) is 0 Å². The van der Waals surface area contributed by atoms with Gasteiger partial charge in [0.2, 0.25) is 10.0 Å². The molecule has 1 aromatic rings. The van der Waals surface area contributed by atoms with Gasteiger partial charge in [-0.25, -0.2) is 13.1 Å². The molecule has 0 radical (unpaired) electrons. The van der Waals surface area contributed by atoms with Crippen LogP contribution < -0.4 is 10.0 Å². The molecule has 7 heteroatoms. The third-order valence-corrected chi connectivity index (χ3v) is 4.40. The molecule has 0 aliphatic heterocycles. The van der Waals surface area contributed by atoms with Crippen LogP contribution in [0.3, 0.4) is 0 Å². The van der Waals surface area contributed by atoms with Gasteiger partial charge in [0.05, 0.1) is 6.54 Å². The van der Waals surface area contributed by atoms with Crippen LogP contribution in [0.4, 0.5) is 0 Å². The quantitative estimate of drug-likeness (QED) is 0.664. The molecule has 6 nitrogen and oxygen atoms in total. The SMILES string of the molecule is CCNCc1cc(S(=O)(=O)NCCCN(C)C)c(C)o1. The van der Waals surface area contributed by atoms with Crippen molar-refractivity contribution in [3.05, 3.63) is 17.6 Å². The Bertz CT molecular complexity index is 509. The van der Waals surface area contributed by atoms with Crippen molar-refractivity contribution < 1.29 is 12.8 Å². The molecule has 0 saturated carbocycles. The van der Waals surface area contributed by atoms with Gasteiger partial charge in [-0.15, -0.1) is 0 Å². The van der Waals surface area contributed by atoms with Gasteiger partial charge in [-0.05, 0) is 40.5 Å². The molecule has 1 rings (SSSR count). The Labute approximate surface area is 121 Å². The number of nitrogens with one attached hydrogen (secondary N) is 2. The molecular formula is C13H25N3O3S. The maximum absolute atomic E-state index is 12.2. The predicted molar refractivity (Wildman–Crippen MR) is 79.2 cm³/mol. The van der Waals surface area contributed by atoms with Gasteiger partial charge in [0, 0.05) is 12.6 Å². The summed E-state index contributed by atoms with van der Waals surface area (Å²) < 4.78 is 32.4. The van der Waals surface area contributed by atoms with E-state index in [1.54, 1.807) is 13.0 Å². The van der Waals surface area contributed by atoms with Crippen LogP contribution in [0, 0.1) is 6.92 Å². The summed E-state index contributed by atoms with van der Waals surface area (Å²) in [6.45, 7) is 6.27. The predicted octanol–water partition coefficient (Wildman–Crippen LogP) is 0.928. The highest BCUT2D eigenvalue weighted by molar-refractivity contribution is 7.89. The van der Waals surface area contributed by atoms with E-state index in [1.165, 1.54) is 0 Å². The van der Waals surface area contributed by atoms with Crippen molar-refractivity contribution in [2.24, 2.45) is 0 Å². The van der Waals surface area contributed by atoms with E-state index >= 15 is 0 Å². The maximum atomic E-state index is 12.2. The highest BCUT2D eigenvalue weighted by atomic mass is 32.2. The summed E-state index contributed by atoms with van der Waals surface area (Å²) >= 11 is 0. The number of hydrogen-bond acceptors (Lipinski definition) is 5. The highest BCUT2D eigenvalue weighted by Crippen LogP contribution is 2.19. The van der Waals surface area contributed by atoms with E-state index < -0.39 is 10.0 Å². The first-order valence-corrected chi connectivity index (χ1v) is 8.29. The van der Waals surface area contributed by atoms with Crippen molar-refractivity contribution in [1.29, 1.82) is 0 Å². The van der Waals surface area contributed by atoms with Crippen LogP contribution in [-0.4, -0.2) is 47.0 Å². The van der Waals surface area contributed by atoms with Crippen LogP contribution >= 0.6 is 0 Å². The number of hydrogen-bond donors (Lipinski definition) is 2. The molecule has 1 aromatic heterocycles. The Balaban J connectivity index is 2.64. The van der Waals surface area contributed by atoms with E-state index in [4.69, 9.17) is 4.42 Å². The summed E-state index contributed by atoms with van der Waals surface area (Å²) in [6, 6.07) is 1.59. The minimum absolute atomic E-state index is 0.232. The second kappa shape index (κ2) is 7.78. The zero-order valence-electron chi connectivity index (χ0n) is 12.7. The molecule has 0 spiro atoms. The summed E-state index contributed by atoms with van der Waals surface area (Å²) in [6.07, 6.45) is 0.771. The molecule has 0 bridgehead atoms. The summed E-state index contributed by atoms with van der Waals surface area (Å²) in [5.41, 5.74) is 0. The molecular weight excluding hydrogens is 278 g/mol. The smallest absolute Gasteiger partial charge is 0.244 e. The van der Waals surface area contributed by atoms with Crippen LogP contribution in [0.5, 0.6) is 0 Å². The van der Waals surface area contributed by atoms with Gasteiger partial charge in [-0.3, -0.25) is 0 Å². The lowest BCUT2D eigenvalue weighted by atomic mass is 10.4. The molecule has 0 fully saturated rings. The molecule has 2 N–H and O–H groups in total. The van der Waals surface area contributed by atoms with Gasteiger partial charge < -0.3 is 14.6 Å². The van der Waals surface area contributed by atoms with Crippen molar-refractivity contribution in [2.75, 3.05) is 33.7 Å². The van der Waals surface area contributed by atoms with Crippen molar-refractivity contribution in [3.63, 3.8) is 0 Å². The normalized spacial score (nSPS) is 12.2. The molecule has 0 aliphatic rings. The summed E-state index contributed by atoms with van der Waals surface area (Å²) in [5.74, 6) is 1.07. The summed E-state index contributed by atoms with van der Waals surface area (Å²) in [7, 11) is 0.437. The lowest BCUT2D eigenvalue weighted by Gasteiger charge is -2.09. The molecule has 0 aromatic carbocycles. The van der Waals surface area contributed by atoms with Gasteiger partial charge in [0.25, 0.3) is 0 Å². The van der Waals surface area contributed by atoms with E-state index in [2.05, 4.69) is 10.0 Å². The Kier molecular flexibility index (Phi) is 6.67. The number of rotatable bonds is 9. The number of furan rings is 1. The second-order valence-corrected chi connectivity index (χ2v) is 6.70. The van der Waals surface area contributed by atoms with Crippen molar-refractivity contribution in [3.8, 4) is 0 Å². The largest absolute Gasteiger partial charge is 0.464 e. The fourth-order valence-corrected chi connectivity index (χ4v) is 3.08. The van der Waals surface area contributed by atoms with Gasteiger partial charge in [-0.1, -0.05) is 6.92 Å². The lowest BCUT2D eigenvalue weighted by molar-refractivity contribution is 0.400. The fourth-order valence-electron chi connectivity index (χ4n) is 1.81. The summed E-state index contributed by atoms with van der Waals surface area (Å²) in [5, 5.41) is 3.11. The zero-order valence-corrected chi connectivity index (χ0v) is 13.5. The van der Waals surface area contributed by atoms with Crippen LogP contribution in [-0.2, 0) is 16.6 Å². The Morgan fingerprint density at radius 2 is 2.05 bits per heavy atom. The van der Waals surface area contributed by atoms with Gasteiger partial charge in [-0.2, -0.15) is 0 Å². The number of sulfonamides is 1. The third-order valence-electron chi connectivity index (χ3n) is 2.84. The Morgan fingerprint density at radius 1 is 1.35 bits per heavy atom. The maximum Gasteiger partial charge on any atom is 0.244 e. The van der Waals surface area contributed by atoms with Gasteiger partial charge in [0.1, 0.15) is 16.4 Å². The Hall–Kier alpha value is -0.890. The lowest BCUT2D eigenvalue weighted by Crippen LogP contribution is -2.27. The van der Waals surface area contributed by atoms with Crippen LogP contribution in [0.1, 0.15) is 24.9 Å². The van der Waals surface area contributed by atoms with Crippen molar-refractivity contribution in [1.82, 2.24) is 14.9 Å². The second-order valence-electron chi connectivity index (χ2n) is 4.97. The first kappa shape index (κ1) is 17.2. The number of nitrogens with zero attached hydrogens (tertiary/aromatic N) is 1. The molecule has 0 atom stereocenters. The molecule has 116 valence electrons. The summed E-state index contributed by atoms with van der Waals surface area (Å²) in [4.78, 5) is 2.25.